The van der Waals surface area contributed by atoms with Crippen molar-refractivity contribution in [1.29, 1.82) is 0 Å². The van der Waals surface area contributed by atoms with Crippen LogP contribution in [-0.2, 0) is 0 Å². The van der Waals surface area contributed by atoms with Crippen LogP contribution in [0.2, 0.25) is 0 Å². The Morgan fingerprint density at radius 1 is 1.23 bits per heavy atom. The molecule has 7 nitrogen and oxygen atoms in total. The van der Waals surface area contributed by atoms with Gasteiger partial charge < -0.3 is 25.7 Å². The average Bonchev–Trinajstić information content (AvgIpc) is 3.59. The van der Waals surface area contributed by atoms with Gasteiger partial charge in [0.15, 0.2) is 0 Å². The third-order valence-corrected chi connectivity index (χ3v) is 7.39. The molecule has 0 unspecified atom stereocenters. The fraction of sp³-hybridized carbons (Fsp3) is 0.464. The Kier molecular flexibility index (Phi) is 7.55. The molecule has 3 fully saturated rings. The molecular weight excluding hydrogens is 436 g/mol. The van der Waals surface area contributed by atoms with Crippen LogP contribution in [0.4, 0.5) is 5.69 Å². The van der Waals surface area contributed by atoms with E-state index in [0.29, 0.717) is 29.7 Å². The van der Waals surface area contributed by atoms with E-state index >= 15 is 0 Å². The summed E-state index contributed by atoms with van der Waals surface area (Å²) < 4.78 is 6.16. The zero-order chi connectivity index (χ0) is 25.0. The molecule has 7 heteroatoms. The van der Waals surface area contributed by atoms with Crippen molar-refractivity contribution in [2.75, 3.05) is 25.1 Å². The molecule has 0 spiro atoms. The van der Waals surface area contributed by atoms with Crippen LogP contribution in [0.3, 0.4) is 0 Å². The van der Waals surface area contributed by atoms with Gasteiger partial charge in [0.1, 0.15) is 17.2 Å². The molecule has 2 aliphatic carbocycles. The number of aliphatic imine (C=N–C) groups is 1. The zero-order valence-electron chi connectivity index (χ0n) is 21.1. The molecule has 1 aromatic rings. The summed E-state index contributed by atoms with van der Waals surface area (Å²) >= 11 is 0. The maximum atomic E-state index is 6.58. The van der Waals surface area contributed by atoms with Crippen LogP contribution in [0, 0.1) is 0 Å². The van der Waals surface area contributed by atoms with Crippen molar-refractivity contribution in [3.8, 4) is 5.75 Å². The normalized spacial score (nSPS) is 21.0. The summed E-state index contributed by atoms with van der Waals surface area (Å²) in [6, 6.07) is 6.39. The van der Waals surface area contributed by atoms with E-state index in [1.165, 1.54) is 38.3 Å². The minimum Gasteiger partial charge on any atom is -0.488 e. The molecule has 1 saturated heterocycles. The van der Waals surface area contributed by atoms with E-state index in [-0.39, 0.29) is 5.60 Å². The average molecular weight is 477 g/mol. The number of rotatable bonds is 9. The highest BCUT2D eigenvalue weighted by molar-refractivity contribution is 6.30. The Bertz CT molecular complexity index is 1030. The van der Waals surface area contributed by atoms with Crippen LogP contribution in [0.25, 0.3) is 5.57 Å². The molecule has 0 bridgehead atoms. The van der Waals surface area contributed by atoms with E-state index in [9.17, 15) is 0 Å². The first kappa shape index (κ1) is 24.9. The van der Waals surface area contributed by atoms with E-state index in [1.807, 2.05) is 24.3 Å². The number of anilines is 1. The molecule has 2 saturated carbocycles. The summed E-state index contributed by atoms with van der Waals surface area (Å²) in [5.41, 5.74) is 13.3. The van der Waals surface area contributed by atoms with Crippen LogP contribution >= 0.6 is 0 Å². The van der Waals surface area contributed by atoms with Gasteiger partial charge in [0.05, 0.1) is 17.9 Å². The molecular formula is C28H40N6O. The summed E-state index contributed by atoms with van der Waals surface area (Å²) in [6.45, 7) is 17.1. The Morgan fingerprint density at radius 3 is 2.60 bits per heavy atom. The summed E-state index contributed by atoms with van der Waals surface area (Å²) in [5, 5.41) is 0. The highest BCUT2D eigenvalue weighted by atomic mass is 16.5. The minimum absolute atomic E-state index is 0.0825. The topological polar surface area (TPSA) is 92.1 Å². The molecule has 0 atom stereocenters. The molecule has 0 aromatic heterocycles. The maximum absolute atomic E-state index is 6.58. The van der Waals surface area contributed by atoms with Crippen molar-refractivity contribution in [2.24, 2.45) is 16.6 Å². The van der Waals surface area contributed by atoms with E-state index in [2.05, 4.69) is 46.9 Å². The lowest BCUT2D eigenvalue weighted by atomic mass is 9.93. The second kappa shape index (κ2) is 10.6. The number of hydrogen-bond acceptors (Lipinski definition) is 7. The van der Waals surface area contributed by atoms with E-state index in [4.69, 9.17) is 16.3 Å². The molecule has 5 N–H and O–H groups in total. The first-order chi connectivity index (χ1) is 16.8. The van der Waals surface area contributed by atoms with Gasteiger partial charge in [0.2, 0.25) is 0 Å². The molecule has 0 amide bonds. The van der Waals surface area contributed by atoms with Crippen LogP contribution in [-0.4, -0.2) is 46.8 Å². The Balaban J connectivity index is 1.50. The monoisotopic (exact) mass is 476 g/mol. The van der Waals surface area contributed by atoms with Gasteiger partial charge in [-0.1, -0.05) is 39.0 Å². The van der Waals surface area contributed by atoms with E-state index in [1.54, 1.807) is 0 Å². The number of piperazine rings is 1. The Hall–Kier alpha value is -3.19. The maximum Gasteiger partial charge on any atom is 0.120 e. The molecule has 188 valence electrons. The van der Waals surface area contributed by atoms with Crippen molar-refractivity contribution in [2.45, 2.75) is 63.5 Å². The number of hydrazine groups is 1. The SMILES string of the molecule is C=C/N=C(\C=C(/N)N1CCN(C2CCCCC2)C(=C)C1)C(=C)c1cc(OC2(C)CC2)ccc1NN. The Labute approximate surface area is 209 Å². The van der Waals surface area contributed by atoms with Gasteiger partial charge in [0, 0.05) is 48.2 Å². The van der Waals surface area contributed by atoms with Crippen LogP contribution in [0.5, 0.6) is 5.75 Å². The minimum atomic E-state index is -0.0825. The van der Waals surface area contributed by atoms with Crippen LogP contribution < -0.4 is 21.7 Å². The van der Waals surface area contributed by atoms with Crippen molar-refractivity contribution >= 4 is 17.0 Å². The van der Waals surface area contributed by atoms with Gasteiger partial charge in [-0.15, -0.1) is 0 Å². The zero-order valence-corrected chi connectivity index (χ0v) is 21.1. The van der Waals surface area contributed by atoms with Gasteiger partial charge in [-0.05, 0) is 50.8 Å². The third-order valence-electron chi connectivity index (χ3n) is 7.39. The van der Waals surface area contributed by atoms with Crippen LogP contribution in [0.15, 0.2) is 66.7 Å². The molecule has 35 heavy (non-hydrogen) atoms. The fourth-order valence-electron chi connectivity index (χ4n) is 5.03. The second-order valence-corrected chi connectivity index (χ2v) is 10.1. The lowest BCUT2D eigenvalue weighted by Gasteiger charge is -2.44. The number of allylic oxidation sites excluding steroid dienone is 2. The number of benzene rings is 1. The highest BCUT2D eigenvalue weighted by Crippen LogP contribution is 2.40. The highest BCUT2D eigenvalue weighted by Gasteiger charge is 2.40. The van der Waals surface area contributed by atoms with Gasteiger partial charge >= 0.3 is 0 Å². The number of nitrogen functional groups attached to an aromatic ring is 1. The van der Waals surface area contributed by atoms with Gasteiger partial charge in [0.25, 0.3) is 0 Å². The summed E-state index contributed by atoms with van der Waals surface area (Å²) in [7, 11) is 0. The smallest absolute Gasteiger partial charge is 0.120 e. The van der Waals surface area contributed by atoms with Crippen molar-refractivity contribution < 1.29 is 4.74 Å². The van der Waals surface area contributed by atoms with Gasteiger partial charge in [-0.3, -0.25) is 10.8 Å². The summed E-state index contributed by atoms with van der Waals surface area (Å²) in [4.78, 5) is 9.14. The lowest BCUT2D eigenvalue weighted by Crippen LogP contribution is -2.49. The summed E-state index contributed by atoms with van der Waals surface area (Å²) in [6.07, 6.45) is 12.0. The lowest BCUT2D eigenvalue weighted by molar-refractivity contribution is 0.137. The second-order valence-electron chi connectivity index (χ2n) is 10.1. The number of nitrogens with zero attached hydrogens (tertiary/aromatic N) is 3. The van der Waals surface area contributed by atoms with Crippen molar-refractivity contribution in [1.82, 2.24) is 9.80 Å². The summed E-state index contributed by atoms with van der Waals surface area (Å²) in [5.74, 6) is 7.22. The Morgan fingerprint density at radius 2 is 1.97 bits per heavy atom. The van der Waals surface area contributed by atoms with Crippen molar-refractivity contribution in [3.05, 3.63) is 67.3 Å². The van der Waals surface area contributed by atoms with E-state index in [0.717, 1.165) is 48.6 Å². The first-order valence-corrected chi connectivity index (χ1v) is 12.7. The standard InChI is InChI=1S/C28H40N6O/c1-5-31-26(21(3)24-17-23(11-12-25(24)32-30)35-28(4)13-14-28)18-27(29)33-15-16-34(20(2)19-33)22-9-7-6-8-10-22/h5,11-12,17-18,22,32H,1-3,6-10,13-16,19,29-30H2,4H3/b27-18+,31-26+. The predicted molar refractivity (Wildman–Crippen MR) is 146 cm³/mol. The van der Waals surface area contributed by atoms with Crippen molar-refractivity contribution in [3.63, 3.8) is 0 Å². The number of nitrogens with one attached hydrogen (secondary N) is 1. The number of hydrogen-bond donors (Lipinski definition) is 3. The molecule has 1 heterocycles. The number of ether oxygens (including phenoxy) is 1. The third kappa shape index (κ3) is 5.90. The fourth-order valence-corrected chi connectivity index (χ4v) is 5.03. The predicted octanol–water partition coefficient (Wildman–Crippen LogP) is 4.77. The first-order valence-electron chi connectivity index (χ1n) is 12.7. The molecule has 4 rings (SSSR count). The number of nitrogens with two attached hydrogens (primary N) is 2. The van der Waals surface area contributed by atoms with Crippen LogP contribution in [0.1, 0.15) is 57.4 Å². The molecule has 1 aliphatic heterocycles. The van der Waals surface area contributed by atoms with Gasteiger partial charge in [-0.25, -0.2) is 0 Å². The largest absolute Gasteiger partial charge is 0.488 e. The quantitative estimate of drug-likeness (QED) is 0.270. The molecule has 1 aromatic carbocycles. The molecule has 3 aliphatic rings. The van der Waals surface area contributed by atoms with Gasteiger partial charge in [-0.2, -0.15) is 0 Å². The molecule has 0 radical (unpaired) electrons. The van der Waals surface area contributed by atoms with E-state index < -0.39 is 0 Å².